The van der Waals surface area contributed by atoms with Crippen molar-refractivity contribution in [3.8, 4) is 6.07 Å². The Labute approximate surface area is 190 Å². The maximum Gasteiger partial charge on any atom is 0.305 e. The zero-order valence-electron chi connectivity index (χ0n) is 18.4. The summed E-state index contributed by atoms with van der Waals surface area (Å²) in [5.74, 6) is -1.29. The minimum Gasteiger partial charge on any atom is -0.481 e. The highest BCUT2D eigenvalue weighted by Crippen LogP contribution is 2.43. The van der Waals surface area contributed by atoms with E-state index < -0.39 is 11.9 Å². The number of hydrogen-bond donors (Lipinski definition) is 3. The molecule has 0 spiro atoms. The van der Waals surface area contributed by atoms with Crippen molar-refractivity contribution in [3.63, 3.8) is 0 Å². The number of nitrogens with one attached hydrogen (secondary N) is 2. The van der Waals surface area contributed by atoms with Crippen LogP contribution in [-0.4, -0.2) is 39.0 Å². The molecule has 0 saturated carbocycles. The fraction of sp³-hybridized carbons (Fsp3) is 0.500. The lowest BCUT2D eigenvalue weighted by molar-refractivity contribution is -0.136. The number of nitriles is 1. The normalized spacial score (nSPS) is 15.5. The van der Waals surface area contributed by atoms with Crippen molar-refractivity contribution in [2.45, 2.75) is 53.0 Å². The van der Waals surface area contributed by atoms with E-state index in [9.17, 15) is 19.6 Å². The third-order valence-corrected chi connectivity index (χ3v) is 6.84. The molecular formula is C22H27N5O4S. The standard InChI is InChI=1S/C22H27N5O4S/c1-22(2,3)13-4-5-14-15(9-23)21(32-17(14)8-13)26-18(28)11-27-10-16(25-12-27)20(31)24-7-6-19(29)30/h10,12-13H,4-8,11H2,1-3H3,(H,24,31)(H,26,28)(H,29,30). The molecule has 0 aromatic carbocycles. The number of hydrogen-bond acceptors (Lipinski definition) is 6. The molecule has 0 saturated heterocycles. The molecule has 0 bridgehead atoms. The van der Waals surface area contributed by atoms with Gasteiger partial charge in [-0.05, 0) is 36.2 Å². The summed E-state index contributed by atoms with van der Waals surface area (Å²) >= 11 is 1.48. The van der Waals surface area contributed by atoms with Crippen LogP contribution in [0, 0.1) is 22.7 Å². The fourth-order valence-corrected chi connectivity index (χ4v) is 5.09. The van der Waals surface area contributed by atoms with E-state index in [1.165, 1.54) is 33.3 Å². The zero-order valence-corrected chi connectivity index (χ0v) is 19.2. The predicted octanol–water partition coefficient (Wildman–Crippen LogP) is 2.81. The van der Waals surface area contributed by atoms with Gasteiger partial charge in [0.2, 0.25) is 5.91 Å². The van der Waals surface area contributed by atoms with E-state index in [0.29, 0.717) is 16.5 Å². The van der Waals surface area contributed by atoms with Crippen LogP contribution in [-0.2, 0) is 29.0 Å². The van der Waals surface area contributed by atoms with Crippen LogP contribution in [0.15, 0.2) is 12.5 Å². The van der Waals surface area contributed by atoms with Crippen LogP contribution in [0.3, 0.4) is 0 Å². The van der Waals surface area contributed by atoms with Gasteiger partial charge in [0.25, 0.3) is 5.91 Å². The van der Waals surface area contributed by atoms with Crippen molar-refractivity contribution in [3.05, 3.63) is 34.2 Å². The van der Waals surface area contributed by atoms with Crippen LogP contribution in [0.5, 0.6) is 0 Å². The van der Waals surface area contributed by atoms with Crippen molar-refractivity contribution in [1.82, 2.24) is 14.9 Å². The molecule has 1 aliphatic carbocycles. The number of carboxylic acids is 1. The Balaban J connectivity index is 1.63. The van der Waals surface area contributed by atoms with Crippen molar-refractivity contribution in [2.24, 2.45) is 11.3 Å². The van der Waals surface area contributed by atoms with Crippen LogP contribution in [0.1, 0.15) is 60.1 Å². The molecule has 2 amide bonds. The molecule has 9 nitrogen and oxygen atoms in total. The van der Waals surface area contributed by atoms with Crippen LogP contribution < -0.4 is 10.6 Å². The fourth-order valence-electron chi connectivity index (χ4n) is 3.80. The molecule has 32 heavy (non-hydrogen) atoms. The molecule has 2 heterocycles. The van der Waals surface area contributed by atoms with Crippen molar-refractivity contribution in [1.29, 1.82) is 5.26 Å². The highest BCUT2D eigenvalue weighted by molar-refractivity contribution is 7.16. The van der Waals surface area contributed by atoms with Gasteiger partial charge in [0, 0.05) is 17.6 Å². The van der Waals surface area contributed by atoms with E-state index in [4.69, 9.17) is 5.11 Å². The number of carbonyl (C=O) groups excluding carboxylic acids is 2. The number of fused-ring (bicyclic) bond motifs is 1. The molecule has 1 atom stereocenters. The lowest BCUT2D eigenvalue weighted by Crippen LogP contribution is -2.26. The average molecular weight is 458 g/mol. The maximum absolute atomic E-state index is 12.6. The first-order valence-electron chi connectivity index (χ1n) is 10.4. The van der Waals surface area contributed by atoms with Gasteiger partial charge in [0.15, 0.2) is 0 Å². The molecule has 0 aliphatic heterocycles. The minimum atomic E-state index is -1.01. The first-order chi connectivity index (χ1) is 15.1. The first kappa shape index (κ1) is 23.5. The summed E-state index contributed by atoms with van der Waals surface area (Å²) in [6.07, 6.45) is 5.39. The number of thiophene rings is 1. The number of carbonyl (C=O) groups is 3. The second kappa shape index (κ2) is 9.53. The molecule has 1 unspecified atom stereocenters. The molecule has 170 valence electrons. The van der Waals surface area contributed by atoms with E-state index in [1.54, 1.807) is 0 Å². The second-order valence-electron chi connectivity index (χ2n) is 9.00. The smallest absolute Gasteiger partial charge is 0.305 e. The molecular weight excluding hydrogens is 430 g/mol. The van der Waals surface area contributed by atoms with E-state index in [-0.39, 0.29) is 36.5 Å². The minimum absolute atomic E-state index is 0.00242. The number of rotatable bonds is 7. The maximum atomic E-state index is 12.6. The summed E-state index contributed by atoms with van der Waals surface area (Å²) in [6.45, 7) is 6.63. The van der Waals surface area contributed by atoms with Gasteiger partial charge in [-0.3, -0.25) is 14.4 Å². The van der Waals surface area contributed by atoms with Crippen LogP contribution in [0.25, 0.3) is 0 Å². The Morgan fingerprint density at radius 2 is 2.12 bits per heavy atom. The highest BCUT2D eigenvalue weighted by Gasteiger charge is 2.32. The first-order valence-corrected chi connectivity index (χ1v) is 11.3. The SMILES string of the molecule is CC(C)(C)C1CCc2c(sc(NC(=O)Cn3cnc(C(=O)NCCC(=O)O)c3)c2C#N)C1. The van der Waals surface area contributed by atoms with Gasteiger partial charge in [-0.15, -0.1) is 11.3 Å². The third-order valence-electron chi connectivity index (χ3n) is 5.67. The number of aliphatic carboxylic acids is 1. The van der Waals surface area contributed by atoms with Gasteiger partial charge in [-0.25, -0.2) is 4.98 Å². The molecule has 1 aliphatic rings. The molecule has 2 aromatic heterocycles. The van der Waals surface area contributed by atoms with Crippen LogP contribution in [0.2, 0.25) is 0 Å². The van der Waals surface area contributed by atoms with E-state index in [0.717, 1.165) is 24.8 Å². The average Bonchev–Trinajstić information content (AvgIpc) is 3.30. The number of amides is 2. The summed E-state index contributed by atoms with van der Waals surface area (Å²) < 4.78 is 1.47. The van der Waals surface area contributed by atoms with E-state index in [1.807, 2.05) is 0 Å². The van der Waals surface area contributed by atoms with Gasteiger partial charge >= 0.3 is 5.97 Å². The van der Waals surface area contributed by atoms with Crippen molar-refractivity contribution in [2.75, 3.05) is 11.9 Å². The predicted molar refractivity (Wildman–Crippen MR) is 119 cm³/mol. The van der Waals surface area contributed by atoms with E-state index >= 15 is 0 Å². The van der Waals surface area contributed by atoms with Gasteiger partial charge in [0.05, 0.1) is 18.3 Å². The summed E-state index contributed by atoms with van der Waals surface area (Å²) in [4.78, 5) is 40.2. The number of aromatic nitrogens is 2. The Bertz CT molecular complexity index is 1070. The molecule has 0 radical (unpaired) electrons. The van der Waals surface area contributed by atoms with Gasteiger partial charge in [-0.2, -0.15) is 5.26 Å². The Morgan fingerprint density at radius 1 is 1.38 bits per heavy atom. The number of imidazole rings is 1. The molecule has 0 fully saturated rings. The van der Waals surface area contributed by atoms with Crippen molar-refractivity contribution < 1.29 is 19.5 Å². The van der Waals surface area contributed by atoms with Gasteiger partial charge < -0.3 is 20.3 Å². The lowest BCUT2D eigenvalue weighted by Gasteiger charge is -2.33. The van der Waals surface area contributed by atoms with Crippen LogP contribution >= 0.6 is 11.3 Å². The lowest BCUT2D eigenvalue weighted by atomic mass is 9.72. The van der Waals surface area contributed by atoms with Gasteiger partial charge in [0.1, 0.15) is 23.3 Å². The highest BCUT2D eigenvalue weighted by atomic mass is 32.1. The largest absolute Gasteiger partial charge is 0.481 e. The Hall–Kier alpha value is -3.19. The number of nitrogens with zero attached hydrogens (tertiary/aromatic N) is 3. The second-order valence-corrected chi connectivity index (χ2v) is 10.1. The molecule has 3 N–H and O–H groups in total. The molecule has 3 rings (SSSR count). The van der Waals surface area contributed by atoms with E-state index in [2.05, 4.69) is 42.5 Å². The number of carboxylic acid groups (broad SMARTS) is 1. The summed E-state index contributed by atoms with van der Waals surface area (Å²) in [7, 11) is 0. The van der Waals surface area contributed by atoms with Gasteiger partial charge in [-0.1, -0.05) is 20.8 Å². The summed E-state index contributed by atoms with van der Waals surface area (Å²) in [6, 6.07) is 2.25. The molecule has 2 aromatic rings. The summed E-state index contributed by atoms with van der Waals surface area (Å²) in [5.41, 5.74) is 1.89. The van der Waals surface area contributed by atoms with Crippen LogP contribution in [0.4, 0.5) is 5.00 Å². The Morgan fingerprint density at radius 3 is 2.78 bits per heavy atom. The Kier molecular flexibility index (Phi) is 6.99. The zero-order chi connectivity index (χ0) is 23.5. The quantitative estimate of drug-likeness (QED) is 0.585. The third kappa shape index (κ3) is 5.53. The number of anilines is 1. The topological polar surface area (TPSA) is 137 Å². The monoisotopic (exact) mass is 457 g/mol. The molecule has 10 heteroatoms. The summed E-state index contributed by atoms with van der Waals surface area (Å²) in [5, 5.41) is 24.2. The van der Waals surface area contributed by atoms with Crippen molar-refractivity contribution >= 4 is 34.1 Å².